The molecule has 0 aliphatic carbocycles. The molecule has 0 spiro atoms. The lowest BCUT2D eigenvalue weighted by Gasteiger charge is -2.18. The van der Waals surface area contributed by atoms with Crippen molar-refractivity contribution in [1.82, 2.24) is 4.90 Å². The lowest BCUT2D eigenvalue weighted by atomic mass is 10.1. The van der Waals surface area contributed by atoms with Crippen LogP contribution in [0.25, 0.3) is 10.1 Å². The molecule has 0 radical (unpaired) electrons. The molecule has 0 aliphatic heterocycles. The predicted octanol–water partition coefficient (Wildman–Crippen LogP) is 3.61. The van der Waals surface area contributed by atoms with Crippen LogP contribution in [0.2, 0.25) is 0 Å². The van der Waals surface area contributed by atoms with E-state index in [1.54, 1.807) is 17.1 Å². The first kappa shape index (κ1) is 14.3. The Bertz CT molecular complexity index is 662. The van der Waals surface area contributed by atoms with Crippen molar-refractivity contribution in [2.24, 2.45) is 0 Å². The van der Waals surface area contributed by atoms with Gasteiger partial charge in [0, 0.05) is 23.2 Å². The van der Waals surface area contributed by atoms with Crippen LogP contribution in [-0.2, 0) is 0 Å². The molecule has 20 heavy (non-hydrogen) atoms. The van der Waals surface area contributed by atoms with E-state index in [9.17, 15) is 4.79 Å². The normalized spacial score (nSPS) is 10.4. The van der Waals surface area contributed by atoms with E-state index in [1.807, 2.05) is 19.1 Å². The molecular formula is C16H18N2OS. The van der Waals surface area contributed by atoms with Gasteiger partial charge in [-0.3, -0.25) is 4.79 Å². The molecule has 0 aliphatic rings. The lowest BCUT2D eigenvalue weighted by Crippen LogP contribution is -2.31. The third-order valence-corrected chi connectivity index (χ3v) is 4.22. The highest BCUT2D eigenvalue weighted by Gasteiger charge is 2.20. The van der Waals surface area contributed by atoms with Crippen LogP contribution in [0, 0.1) is 6.92 Å². The minimum atomic E-state index is -0.0684. The largest absolute Gasteiger partial charge is 0.397 e. The summed E-state index contributed by atoms with van der Waals surface area (Å²) in [6.45, 7) is 10.4. The second-order valence-corrected chi connectivity index (χ2v) is 5.68. The quantitative estimate of drug-likeness (QED) is 0.854. The molecule has 1 amide bonds. The summed E-state index contributed by atoms with van der Waals surface area (Å²) in [5.41, 5.74) is 7.85. The van der Waals surface area contributed by atoms with E-state index in [0.717, 1.165) is 15.6 Å². The summed E-state index contributed by atoms with van der Waals surface area (Å²) in [5.74, 6) is -0.0684. The highest BCUT2D eigenvalue weighted by atomic mass is 32.1. The minimum absolute atomic E-state index is 0.0684. The number of rotatable bonds is 5. The van der Waals surface area contributed by atoms with Gasteiger partial charge in [-0.05, 0) is 18.6 Å². The number of thiophene rings is 1. The Kier molecular flexibility index (Phi) is 4.25. The SMILES string of the molecule is C=CCN(CC=C)C(=O)c1sc2cc(C)ccc2c1N. The zero-order valence-electron chi connectivity index (χ0n) is 11.6. The van der Waals surface area contributed by atoms with Crippen LogP contribution in [0.3, 0.4) is 0 Å². The predicted molar refractivity (Wildman–Crippen MR) is 87.3 cm³/mol. The van der Waals surface area contributed by atoms with Gasteiger partial charge in [-0.1, -0.05) is 24.3 Å². The lowest BCUT2D eigenvalue weighted by molar-refractivity contribution is 0.0796. The number of anilines is 1. The van der Waals surface area contributed by atoms with Crippen LogP contribution < -0.4 is 5.73 Å². The second kappa shape index (κ2) is 5.92. The number of amides is 1. The summed E-state index contributed by atoms with van der Waals surface area (Å²) in [7, 11) is 0. The number of hydrogen-bond acceptors (Lipinski definition) is 3. The maximum absolute atomic E-state index is 12.6. The van der Waals surface area contributed by atoms with Crippen molar-refractivity contribution in [3.8, 4) is 0 Å². The fraction of sp³-hybridized carbons (Fsp3) is 0.188. The van der Waals surface area contributed by atoms with E-state index < -0.39 is 0 Å². The van der Waals surface area contributed by atoms with Crippen LogP contribution in [0.15, 0.2) is 43.5 Å². The van der Waals surface area contributed by atoms with Crippen molar-refractivity contribution in [2.75, 3.05) is 18.8 Å². The molecule has 0 saturated carbocycles. The molecule has 0 fully saturated rings. The van der Waals surface area contributed by atoms with E-state index in [0.29, 0.717) is 23.7 Å². The van der Waals surface area contributed by atoms with Crippen molar-refractivity contribution < 1.29 is 4.79 Å². The van der Waals surface area contributed by atoms with Crippen molar-refractivity contribution in [1.29, 1.82) is 0 Å². The maximum Gasteiger partial charge on any atom is 0.266 e. The van der Waals surface area contributed by atoms with Gasteiger partial charge in [0.15, 0.2) is 0 Å². The van der Waals surface area contributed by atoms with Crippen LogP contribution in [0.1, 0.15) is 15.2 Å². The van der Waals surface area contributed by atoms with Crippen LogP contribution in [0.4, 0.5) is 5.69 Å². The first-order valence-electron chi connectivity index (χ1n) is 6.38. The third-order valence-electron chi connectivity index (χ3n) is 3.06. The highest BCUT2D eigenvalue weighted by Crippen LogP contribution is 2.34. The molecule has 4 heteroatoms. The van der Waals surface area contributed by atoms with E-state index in [-0.39, 0.29) is 5.91 Å². The fourth-order valence-electron chi connectivity index (χ4n) is 2.08. The number of nitrogens with zero attached hydrogens (tertiary/aromatic N) is 1. The summed E-state index contributed by atoms with van der Waals surface area (Å²) in [6.07, 6.45) is 3.41. The molecule has 1 heterocycles. The number of nitrogens with two attached hydrogens (primary N) is 1. The molecule has 0 saturated heterocycles. The molecule has 0 bridgehead atoms. The Balaban J connectivity index is 2.45. The zero-order valence-corrected chi connectivity index (χ0v) is 12.4. The number of fused-ring (bicyclic) bond motifs is 1. The molecule has 104 valence electrons. The summed E-state index contributed by atoms with van der Waals surface area (Å²) in [6, 6.07) is 6.03. The summed E-state index contributed by atoms with van der Waals surface area (Å²) in [5, 5.41) is 0.945. The molecule has 3 nitrogen and oxygen atoms in total. The average molecular weight is 286 g/mol. The van der Waals surface area contributed by atoms with E-state index in [2.05, 4.69) is 19.2 Å². The van der Waals surface area contributed by atoms with Crippen LogP contribution in [0.5, 0.6) is 0 Å². The molecule has 2 N–H and O–H groups in total. The van der Waals surface area contributed by atoms with Gasteiger partial charge >= 0.3 is 0 Å². The van der Waals surface area contributed by atoms with Gasteiger partial charge in [0.25, 0.3) is 5.91 Å². The van der Waals surface area contributed by atoms with Gasteiger partial charge < -0.3 is 10.6 Å². The summed E-state index contributed by atoms with van der Waals surface area (Å²) < 4.78 is 1.04. The number of aryl methyl sites for hydroxylation is 1. The first-order valence-corrected chi connectivity index (χ1v) is 7.19. The number of carbonyl (C=O) groups excluding carboxylic acids is 1. The Morgan fingerprint density at radius 3 is 2.60 bits per heavy atom. The van der Waals surface area contributed by atoms with E-state index in [1.165, 1.54) is 11.3 Å². The zero-order chi connectivity index (χ0) is 14.7. The third kappa shape index (κ3) is 2.60. The van der Waals surface area contributed by atoms with E-state index in [4.69, 9.17) is 5.73 Å². The van der Waals surface area contributed by atoms with Crippen LogP contribution >= 0.6 is 11.3 Å². The van der Waals surface area contributed by atoms with Gasteiger partial charge in [-0.15, -0.1) is 24.5 Å². The molecule has 1 aromatic heterocycles. The van der Waals surface area contributed by atoms with Gasteiger partial charge in [0.05, 0.1) is 5.69 Å². The Labute approximate surface area is 123 Å². The summed E-state index contributed by atoms with van der Waals surface area (Å²) in [4.78, 5) is 14.8. The van der Waals surface area contributed by atoms with Crippen LogP contribution in [-0.4, -0.2) is 23.9 Å². The highest BCUT2D eigenvalue weighted by molar-refractivity contribution is 7.21. The number of nitrogen functional groups attached to an aromatic ring is 1. The molecule has 2 rings (SSSR count). The van der Waals surface area contributed by atoms with E-state index >= 15 is 0 Å². The van der Waals surface area contributed by atoms with Crippen molar-refractivity contribution >= 4 is 33.0 Å². The second-order valence-electron chi connectivity index (χ2n) is 4.63. The van der Waals surface area contributed by atoms with Crippen molar-refractivity contribution in [2.45, 2.75) is 6.92 Å². The topological polar surface area (TPSA) is 46.3 Å². The molecule has 0 atom stereocenters. The van der Waals surface area contributed by atoms with Gasteiger partial charge in [-0.25, -0.2) is 0 Å². The number of carbonyl (C=O) groups is 1. The Morgan fingerprint density at radius 1 is 1.35 bits per heavy atom. The smallest absolute Gasteiger partial charge is 0.266 e. The van der Waals surface area contributed by atoms with Gasteiger partial charge in [0.1, 0.15) is 4.88 Å². The van der Waals surface area contributed by atoms with Crippen molar-refractivity contribution in [3.63, 3.8) is 0 Å². The molecular weight excluding hydrogens is 268 g/mol. The van der Waals surface area contributed by atoms with Crippen molar-refractivity contribution in [3.05, 3.63) is 53.9 Å². The average Bonchev–Trinajstić information content (AvgIpc) is 2.74. The first-order chi connectivity index (χ1) is 9.58. The summed E-state index contributed by atoms with van der Waals surface area (Å²) >= 11 is 1.44. The molecule has 1 aromatic carbocycles. The number of benzene rings is 1. The maximum atomic E-state index is 12.6. The Morgan fingerprint density at radius 2 is 2.00 bits per heavy atom. The monoisotopic (exact) mass is 286 g/mol. The molecule has 0 unspecified atom stereocenters. The number of hydrogen-bond donors (Lipinski definition) is 1. The minimum Gasteiger partial charge on any atom is -0.397 e. The standard InChI is InChI=1S/C16H18N2OS/c1-4-8-18(9-5-2)16(19)15-14(17)12-7-6-11(3)10-13(12)20-15/h4-7,10H,1-2,8-9,17H2,3H3. The molecule has 2 aromatic rings. The Hall–Kier alpha value is -2.07. The van der Waals surface area contributed by atoms with Gasteiger partial charge in [-0.2, -0.15) is 0 Å². The van der Waals surface area contributed by atoms with Gasteiger partial charge in [0.2, 0.25) is 0 Å². The fourth-order valence-corrected chi connectivity index (χ4v) is 3.27.